The molecule has 1 aliphatic carbocycles. The van der Waals surface area contributed by atoms with Gasteiger partial charge in [-0.2, -0.15) is 54.1 Å². The van der Waals surface area contributed by atoms with Gasteiger partial charge in [0.1, 0.15) is 13.1 Å². The van der Waals surface area contributed by atoms with Gasteiger partial charge >= 0.3 is 22.4 Å². The Morgan fingerprint density at radius 2 is 1.30 bits per heavy atom. The second-order valence-electron chi connectivity index (χ2n) is 8.13. The van der Waals surface area contributed by atoms with Gasteiger partial charge in [0.25, 0.3) is 9.05 Å². The fourth-order valence-corrected chi connectivity index (χ4v) is 5.94. The third kappa shape index (κ3) is 7.25. The summed E-state index contributed by atoms with van der Waals surface area (Å²) in [6, 6.07) is 0. The van der Waals surface area contributed by atoms with Crippen LogP contribution in [0.5, 0.6) is 0 Å². The van der Waals surface area contributed by atoms with Gasteiger partial charge in [-0.15, -0.1) is 0 Å². The highest BCUT2D eigenvalue weighted by molar-refractivity contribution is 8.13. The van der Waals surface area contributed by atoms with Gasteiger partial charge in [-0.1, -0.05) is 0 Å². The lowest BCUT2D eigenvalue weighted by Crippen LogP contribution is -2.19. The van der Waals surface area contributed by atoms with Crippen molar-refractivity contribution in [3.63, 3.8) is 0 Å². The van der Waals surface area contributed by atoms with E-state index in [9.17, 15) is 43.2 Å². The Balaban J connectivity index is 0.000000222. The summed E-state index contributed by atoms with van der Waals surface area (Å²) in [6.45, 7) is 0.0400. The molecule has 0 atom stereocenters. The Bertz CT molecular complexity index is 1480. The van der Waals surface area contributed by atoms with Crippen LogP contribution < -0.4 is 0 Å². The molecule has 0 saturated heterocycles. The number of alkyl halides is 6. The van der Waals surface area contributed by atoms with Gasteiger partial charge in [0.15, 0.2) is 5.03 Å². The number of hydrogen-bond donors (Lipinski definition) is 0. The minimum Gasteiger partial charge on any atom is -0.262 e. The molecule has 206 valence electrons. The molecule has 0 unspecified atom stereocenters. The highest BCUT2D eigenvalue weighted by atomic mass is 35.7. The van der Waals surface area contributed by atoms with E-state index in [2.05, 4.69) is 15.3 Å². The highest BCUT2D eigenvalue weighted by Crippen LogP contribution is 2.25. The van der Waals surface area contributed by atoms with Crippen molar-refractivity contribution in [3.05, 3.63) is 41.0 Å². The minimum absolute atomic E-state index is 0.0780. The van der Waals surface area contributed by atoms with Crippen molar-refractivity contribution in [1.29, 1.82) is 0 Å². The van der Waals surface area contributed by atoms with Crippen LogP contribution in [0.3, 0.4) is 0 Å². The van der Waals surface area contributed by atoms with Crippen molar-refractivity contribution in [2.45, 2.75) is 68.6 Å². The van der Waals surface area contributed by atoms with Crippen molar-refractivity contribution in [1.82, 2.24) is 28.7 Å². The SMILES string of the molecule is Cc1cn(CC(F)(F)F)nc1S(=O)(=O)Cl.Cc1cn(CC(F)(F)F)nc1S(=O)(=O)n1cc2c(n1)CCC2. The van der Waals surface area contributed by atoms with Crippen molar-refractivity contribution in [2.24, 2.45) is 0 Å². The first kappa shape index (κ1) is 29.0. The van der Waals surface area contributed by atoms with E-state index in [1.54, 1.807) is 0 Å². The van der Waals surface area contributed by atoms with Crippen LogP contribution in [0.15, 0.2) is 28.6 Å². The summed E-state index contributed by atoms with van der Waals surface area (Å²) >= 11 is 0. The summed E-state index contributed by atoms with van der Waals surface area (Å²) < 4.78 is 121. The maximum atomic E-state index is 12.5. The predicted octanol–water partition coefficient (Wildman–Crippen LogP) is 3.36. The Hall–Kier alpha value is -2.60. The molecule has 0 amide bonds. The van der Waals surface area contributed by atoms with Gasteiger partial charge in [-0.3, -0.25) is 9.36 Å². The topological polar surface area (TPSA) is 122 Å². The average Bonchev–Trinajstić information content (AvgIpc) is 3.42. The zero-order valence-electron chi connectivity index (χ0n) is 19.0. The van der Waals surface area contributed by atoms with Gasteiger partial charge in [-0.25, -0.2) is 8.42 Å². The first-order chi connectivity index (χ1) is 16.8. The zero-order chi connectivity index (χ0) is 28.0. The number of aryl methyl sites for hydroxylation is 4. The summed E-state index contributed by atoms with van der Waals surface area (Å²) in [5, 5.41) is 9.89. The van der Waals surface area contributed by atoms with Crippen LogP contribution in [0.25, 0.3) is 0 Å². The number of aromatic nitrogens is 6. The largest absolute Gasteiger partial charge is 0.408 e. The molecule has 3 aromatic heterocycles. The van der Waals surface area contributed by atoms with Crippen LogP contribution in [-0.4, -0.2) is 57.9 Å². The zero-order valence-corrected chi connectivity index (χ0v) is 21.4. The van der Waals surface area contributed by atoms with Gasteiger partial charge < -0.3 is 0 Å². The van der Waals surface area contributed by atoms with Crippen LogP contribution in [0.4, 0.5) is 26.3 Å². The quantitative estimate of drug-likeness (QED) is 0.327. The first-order valence-electron chi connectivity index (χ1n) is 10.3. The van der Waals surface area contributed by atoms with Gasteiger partial charge in [0.2, 0.25) is 5.03 Å². The molecule has 0 spiro atoms. The summed E-state index contributed by atoms with van der Waals surface area (Å²) in [4.78, 5) is 0. The number of nitrogens with zero attached hydrogens (tertiary/aromatic N) is 6. The molecule has 0 bridgehead atoms. The summed E-state index contributed by atoms with van der Waals surface area (Å²) in [5.41, 5.74) is 1.81. The van der Waals surface area contributed by atoms with Crippen LogP contribution in [0, 0.1) is 13.8 Å². The lowest BCUT2D eigenvalue weighted by atomic mass is 10.3. The number of fused-ring (bicyclic) bond motifs is 1. The smallest absolute Gasteiger partial charge is 0.262 e. The highest BCUT2D eigenvalue weighted by Gasteiger charge is 2.32. The van der Waals surface area contributed by atoms with E-state index in [1.807, 2.05) is 0 Å². The first-order valence-corrected chi connectivity index (χ1v) is 14.0. The molecule has 0 saturated carbocycles. The van der Waals surface area contributed by atoms with Crippen LogP contribution in [-0.2, 0) is 45.0 Å². The molecule has 4 rings (SSSR count). The molecule has 0 aromatic carbocycles. The summed E-state index contributed by atoms with van der Waals surface area (Å²) in [6.07, 6.45) is -3.07. The van der Waals surface area contributed by atoms with Crippen molar-refractivity contribution >= 4 is 29.8 Å². The molecule has 1 aliphatic rings. The molecule has 0 N–H and O–H groups in total. The van der Waals surface area contributed by atoms with Gasteiger partial charge in [0, 0.05) is 40.4 Å². The van der Waals surface area contributed by atoms with E-state index in [0.717, 1.165) is 40.6 Å². The molecule has 0 fully saturated rings. The molecule has 3 heterocycles. The monoisotopic (exact) mass is 596 g/mol. The maximum absolute atomic E-state index is 12.5. The molecule has 0 radical (unpaired) electrons. The van der Waals surface area contributed by atoms with Crippen molar-refractivity contribution in [2.75, 3.05) is 0 Å². The molecule has 10 nitrogen and oxygen atoms in total. The normalized spacial score (nSPS) is 14.4. The lowest BCUT2D eigenvalue weighted by Gasteiger charge is -2.05. The van der Waals surface area contributed by atoms with E-state index in [4.69, 9.17) is 10.7 Å². The lowest BCUT2D eigenvalue weighted by molar-refractivity contribution is -0.143. The fourth-order valence-electron chi connectivity index (χ4n) is 3.53. The summed E-state index contributed by atoms with van der Waals surface area (Å²) in [5.74, 6) is 0. The average molecular weight is 597 g/mol. The van der Waals surface area contributed by atoms with E-state index in [-0.39, 0.29) is 11.1 Å². The fraction of sp³-hybridized carbons (Fsp3) is 0.500. The number of halogens is 7. The Labute approximate surface area is 211 Å². The second kappa shape index (κ2) is 9.94. The van der Waals surface area contributed by atoms with Crippen molar-refractivity contribution < 1.29 is 43.2 Å². The summed E-state index contributed by atoms with van der Waals surface area (Å²) in [7, 11) is -3.21. The molecule has 0 aliphatic heterocycles. The Morgan fingerprint density at radius 1 is 0.811 bits per heavy atom. The van der Waals surface area contributed by atoms with Crippen LogP contribution >= 0.6 is 10.7 Å². The molecular formula is C18H19ClF6N6O4S2. The molecule has 19 heteroatoms. The van der Waals surface area contributed by atoms with Crippen LogP contribution in [0.1, 0.15) is 28.8 Å². The molecular weight excluding hydrogens is 578 g/mol. The van der Waals surface area contributed by atoms with E-state index in [0.29, 0.717) is 15.8 Å². The Morgan fingerprint density at radius 3 is 1.73 bits per heavy atom. The van der Waals surface area contributed by atoms with E-state index >= 15 is 0 Å². The van der Waals surface area contributed by atoms with Gasteiger partial charge in [-0.05, 0) is 38.7 Å². The van der Waals surface area contributed by atoms with E-state index < -0.39 is 54.6 Å². The standard InChI is InChI=1S/C12H13F3N4O2S.C6H6ClF3N2O2S/c1-8-5-18(7-12(13,14)15)17-11(8)22(20,21)19-6-9-3-2-4-10(9)16-19;1-4-2-12(3-6(8,9)10)11-5(4)15(7,13)14/h5-6H,2-4,7H2,1H3;2H,3H2,1H3. The Kier molecular flexibility index (Phi) is 7.78. The predicted molar refractivity (Wildman–Crippen MR) is 116 cm³/mol. The maximum Gasteiger partial charge on any atom is 0.408 e. The van der Waals surface area contributed by atoms with Gasteiger partial charge in [0.05, 0.1) is 5.69 Å². The number of hydrogen-bond acceptors (Lipinski definition) is 7. The second-order valence-corrected chi connectivity index (χ2v) is 12.3. The van der Waals surface area contributed by atoms with Crippen molar-refractivity contribution in [3.8, 4) is 0 Å². The molecule has 37 heavy (non-hydrogen) atoms. The third-order valence-corrected chi connectivity index (χ3v) is 7.79. The minimum atomic E-state index is -4.47. The molecule has 3 aromatic rings. The van der Waals surface area contributed by atoms with E-state index in [1.165, 1.54) is 20.0 Å². The number of rotatable bonds is 5. The third-order valence-electron chi connectivity index (χ3n) is 4.92. The van der Waals surface area contributed by atoms with Crippen LogP contribution in [0.2, 0.25) is 0 Å².